The van der Waals surface area contributed by atoms with Crippen LogP contribution in [0.25, 0.3) is 11.1 Å². The number of hydrogen-bond acceptors (Lipinski definition) is 8. The standard InChI is InChI=1S/C37H50N6O3/c1-7-8-30-23-46-22-24(2)43(30)32-11-15-38-36(40-32)42-16-12-27-19-28(9-10-29(27)21-42)34-26(4)39-25(3)31(20-33(44)45)35(34)41-17-13-37(5,6)14-18-41/h9-11,15,19,24,30H,7-8,12-14,16-18,20-23H2,1-6H3,(H,44,45). The molecule has 2 aromatic heterocycles. The molecule has 0 saturated carbocycles. The molecule has 3 aromatic rings. The maximum Gasteiger partial charge on any atom is 0.307 e. The number of carboxylic acid groups (broad SMARTS) is 1. The molecule has 46 heavy (non-hydrogen) atoms. The number of ether oxygens (including phenoxy) is 1. The molecule has 3 aliphatic heterocycles. The zero-order valence-electron chi connectivity index (χ0n) is 28.5. The lowest BCUT2D eigenvalue weighted by atomic mass is 9.82. The van der Waals surface area contributed by atoms with E-state index in [2.05, 4.69) is 67.5 Å². The van der Waals surface area contributed by atoms with Crippen LogP contribution in [0.4, 0.5) is 17.5 Å². The molecule has 1 aromatic carbocycles. The van der Waals surface area contributed by atoms with Crippen molar-refractivity contribution >= 4 is 23.4 Å². The van der Waals surface area contributed by atoms with Gasteiger partial charge in [-0.15, -0.1) is 0 Å². The number of aliphatic carboxylic acids is 1. The topological polar surface area (TPSA) is 94.9 Å². The van der Waals surface area contributed by atoms with Crippen LogP contribution in [0.1, 0.15) is 81.5 Å². The first kappa shape index (κ1) is 32.2. The third-order valence-corrected chi connectivity index (χ3v) is 10.3. The van der Waals surface area contributed by atoms with E-state index in [4.69, 9.17) is 19.7 Å². The second-order valence-electron chi connectivity index (χ2n) is 14.3. The first-order valence-electron chi connectivity index (χ1n) is 17.1. The SMILES string of the molecule is CCCC1COCC(C)N1c1ccnc(N2CCc3cc(-c4c(C)nc(C)c(CC(=O)O)c4N4CCC(C)(C)CC4)ccc3C2)n1. The number of carboxylic acids is 1. The van der Waals surface area contributed by atoms with Crippen molar-refractivity contribution < 1.29 is 14.6 Å². The fourth-order valence-electron chi connectivity index (χ4n) is 7.64. The number of nitrogens with zero attached hydrogens (tertiary/aromatic N) is 6. The first-order valence-corrected chi connectivity index (χ1v) is 17.1. The molecule has 246 valence electrons. The molecule has 0 spiro atoms. The maximum absolute atomic E-state index is 12.0. The number of carbonyl (C=O) groups is 1. The van der Waals surface area contributed by atoms with E-state index in [0.717, 1.165) is 110 Å². The fraction of sp³-hybridized carbons (Fsp3) is 0.568. The van der Waals surface area contributed by atoms with E-state index in [9.17, 15) is 9.90 Å². The molecule has 6 rings (SSSR count). The number of morpholine rings is 1. The summed E-state index contributed by atoms with van der Waals surface area (Å²) in [6.07, 6.45) is 7.09. The molecule has 2 unspecified atom stereocenters. The van der Waals surface area contributed by atoms with Gasteiger partial charge in [-0.05, 0) is 74.6 Å². The van der Waals surface area contributed by atoms with E-state index in [-0.39, 0.29) is 12.5 Å². The van der Waals surface area contributed by atoms with Crippen LogP contribution in [0.5, 0.6) is 0 Å². The second kappa shape index (κ2) is 13.2. The Balaban J connectivity index is 1.30. The van der Waals surface area contributed by atoms with Crippen molar-refractivity contribution in [2.75, 3.05) is 47.5 Å². The lowest BCUT2D eigenvalue weighted by Gasteiger charge is -2.41. The molecule has 0 bridgehead atoms. The summed E-state index contributed by atoms with van der Waals surface area (Å²) < 4.78 is 5.88. The number of fused-ring (bicyclic) bond motifs is 1. The molecule has 2 atom stereocenters. The largest absolute Gasteiger partial charge is 0.481 e. The fourth-order valence-corrected chi connectivity index (χ4v) is 7.64. The zero-order chi connectivity index (χ0) is 32.6. The summed E-state index contributed by atoms with van der Waals surface area (Å²) in [6.45, 7) is 18.0. The third-order valence-electron chi connectivity index (χ3n) is 10.3. The highest BCUT2D eigenvalue weighted by Crippen LogP contribution is 2.42. The number of aryl methyl sites for hydroxylation is 2. The van der Waals surface area contributed by atoms with Gasteiger partial charge in [0.15, 0.2) is 0 Å². The molecule has 1 N–H and O–H groups in total. The lowest BCUT2D eigenvalue weighted by molar-refractivity contribution is -0.136. The summed E-state index contributed by atoms with van der Waals surface area (Å²) in [7, 11) is 0. The number of anilines is 3. The molecule has 0 aliphatic carbocycles. The number of aromatic nitrogens is 3. The Hall–Kier alpha value is -3.72. The van der Waals surface area contributed by atoms with Gasteiger partial charge in [0, 0.05) is 54.9 Å². The Labute approximate surface area is 274 Å². The Bertz CT molecular complexity index is 1580. The summed E-state index contributed by atoms with van der Waals surface area (Å²) in [5.41, 5.74) is 8.74. The van der Waals surface area contributed by atoms with E-state index in [1.807, 2.05) is 19.2 Å². The summed E-state index contributed by atoms with van der Waals surface area (Å²) in [5.74, 6) is 0.931. The zero-order valence-corrected chi connectivity index (χ0v) is 28.5. The summed E-state index contributed by atoms with van der Waals surface area (Å²) in [4.78, 5) is 33.9. The normalized spacial score (nSPS) is 21.3. The van der Waals surface area contributed by atoms with Gasteiger partial charge in [-0.2, -0.15) is 4.98 Å². The average Bonchev–Trinajstić information content (AvgIpc) is 3.02. The molecule has 5 heterocycles. The van der Waals surface area contributed by atoms with E-state index in [0.29, 0.717) is 18.1 Å². The number of hydrogen-bond donors (Lipinski definition) is 1. The predicted molar refractivity (Wildman–Crippen MR) is 184 cm³/mol. The minimum Gasteiger partial charge on any atom is -0.481 e. The predicted octanol–water partition coefficient (Wildman–Crippen LogP) is 6.37. The van der Waals surface area contributed by atoms with Crippen molar-refractivity contribution in [1.82, 2.24) is 15.0 Å². The van der Waals surface area contributed by atoms with Crippen LogP contribution in [0.3, 0.4) is 0 Å². The maximum atomic E-state index is 12.0. The van der Waals surface area contributed by atoms with E-state index < -0.39 is 5.97 Å². The van der Waals surface area contributed by atoms with Crippen LogP contribution in [-0.4, -0.2) is 71.0 Å². The van der Waals surface area contributed by atoms with Gasteiger partial charge in [-0.25, -0.2) is 4.98 Å². The second-order valence-corrected chi connectivity index (χ2v) is 14.3. The molecule has 9 nitrogen and oxygen atoms in total. The minimum atomic E-state index is -0.820. The van der Waals surface area contributed by atoms with E-state index in [1.165, 1.54) is 11.1 Å². The van der Waals surface area contributed by atoms with Gasteiger partial charge >= 0.3 is 5.97 Å². The van der Waals surface area contributed by atoms with Crippen LogP contribution >= 0.6 is 0 Å². The molecular weight excluding hydrogens is 576 g/mol. The molecular formula is C37H50N6O3. The molecule has 9 heteroatoms. The van der Waals surface area contributed by atoms with Crippen LogP contribution in [0.2, 0.25) is 0 Å². The number of rotatable bonds is 8. The molecule has 0 radical (unpaired) electrons. The lowest BCUT2D eigenvalue weighted by Crippen LogP contribution is -2.51. The summed E-state index contributed by atoms with van der Waals surface area (Å²) in [6, 6.07) is 9.39. The van der Waals surface area contributed by atoms with Gasteiger partial charge in [0.25, 0.3) is 0 Å². The summed E-state index contributed by atoms with van der Waals surface area (Å²) >= 11 is 0. The highest BCUT2D eigenvalue weighted by atomic mass is 16.5. The number of piperidine rings is 1. The molecule has 2 saturated heterocycles. The van der Waals surface area contributed by atoms with Crippen LogP contribution in [0.15, 0.2) is 30.5 Å². The van der Waals surface area contributed by atoms with Gasteiger partial charge in [0.2, 0.25) is 5.95 Å². The van der Waals surface area contributed by atoms with Crippen LogP contribution in [0, 0.1) is 19.3 Å². The van der Waals surface area contributed by atoms with Crippen molar-refractivity contribution in [2.24, 2.45) is 5.41 Å². The monoisotopic (exact) mass is 626 g/mol. The van der Waals surface area contributed by atoms with Crippen LogP contribution in [-0.2, 0) is 28.9 Å². The van der Waals surface area contributed by atoms with E-state index in [1.54, 1.807) is 0 Å². The van der Waals surface area contributed by atoms with Gasteiger partial charge in [0.1, 0.15) is 5.82 Å². The van der Waals surface area contributed by atoms with Gasteiger partial charge < -0.3 is 24.5 Å². The van der Waals surface area contributed by atoms with Crippen molar-refractivity contribution in [3.63, 3.8) is 0 Å². The number of pyridine rings is 1. The third kappa shape index (κ3) is 6.57. The smallest absolute Gasteiger partial charge is 0.307 e. The van der Waals surface area contributed by atoms with E-state index >= 15 is 0 Å². The average molecular weight is 627 g/mol. The van der Waals surface area contributed by atoms with Crippen molar-refractivity contribution in [2.45, 2.75) is 98.7 Å². The van der Waals surface area contributed by atoms with Crippen molar-refractivity contribution in [3.8, 4) is 11.1 Å². The van der Waals surface area contributed by atoms with Crippen LogP contribution < -0.4 is 14.7 Å². The highest BCUT2D eigenvalue weighted by Gasteiger charge is 2.32. The quantitative estimate of drug-likeness (QED) is 0.306. The molecule has 3 aliphatic rings. The molecule has 2 fully saturated rings. The minimum absolute atomic E-state index is 0.0251. The highest BCUT2D eigenvalue weighted by molar-refractivity contribution is 5.86. The Kier molecular flexibility index (Phi) is 9.24. The van der Waals surface area contributed by atoms with Gasteiger partial charge in [-0.3, -0.25) is 9.78 Å². The Morgan fingerprint density at radius 3 is 2.54 bits per heavy atom. The number of benzene rings is 1. The Morgan fingerprint density at radius 2 is 1.80 bits per heavy atom. The molecule has 0 amide bonds. The summed E-state index contributed by atoms with van der Waals surface area (Å²) in [5, 5.41) is 9.88. The van der Waals surface area contributed by atoms with Gasteiger partial charge in [0.05, 0.1) is 37.4 Å². The first-order chi connectivity index (χ1) is 22.0. The Morgan fingerprint density at radius 1 is 1.02 bits per heavy atom. The van der Waals surface area contributed by atoms with Crippen molar-refractivity contribution in [3.05, 3.63) is 58.5 Å². The van der Waals surface area contributed by atoms with Gasteiger partial charge in [-0.1, -0.05) is 45.4 Å². The van der Waals surface area contributed by atoms with Crippen molar-refractivity contribution in [1.29, 1.82) is 0 Å².